The summed E-state index contributed by atoms with van der Waals surface area (Å²) in [5, 5.41) is 12.9. The van der Waals surface area contributed by atoms with Gasteiger partial charge in [0.1, 0.15) is 5.82 Å². The van der Waals surface area contributed by atoms with E-state index in [0.717, 1.165) is 25.1 Å². The van der Waals surface area contributed by atoms with E-state index in [9.17, 15) is 4.79 Å². The lowest BCUT2D eigenvalue weighted by atomic mass is 10.0. The summed E-state index contributed by atoms with van der Waals surface area (Å²) >= 11 is 3.20. The lowest BCUT2D eigenvalue weighted by molar-refractivity contribution is -0.138. The van der Waals surface area contributed by atoms with E-state index in [-0.39, 0.29) is 12.5 Å². The molecule has 0 amide bonds. The molecule has 0 aromatic carbocycles. The summed E-state index contributed by atoms with van der Waals surface area (Å²) < 4.78 is 2.28. The number of rotatable bonds is 2. The molecule has 2 heterocycles. The van der Waals surface area contributed by atoms with E-state index in [2.05, 4.69) is 26.0 Å². The van der Waals surface area contributed by atoms with E-state index in [1.54, 1.807) is 4.68 Å². The summed E-state index contributed by atoms with van der Waals surface area (Å²) in [4.78, 5) is 14.8. The Morgan fingerprint density at radius 2 is 2.50 bits per heavy atom. The predicted molar refractivity (Wildman–Crippen MR) is 51.9 cm³/mol. The van der Waals surface area contributed by atoms with Crippen LogP contribution >= 0.6 is 15.9 Å². The number of aryl methyl sites for hydroxylation is 1. The number of aromatic nitrogens is 3. The van der Waals surface area contributed by atoms with E-state index in [1.165, 1.54) is 0 Å². The molecule has 14 heavy (non-hydrogen) atoms. The van der Waals surface area contributed by atoms with Crippen molar-refractivity contribution in [3.05, 3.63) is 10.6 Å². The number of aliphatic carboxylic acids is 1. The van der Waals surface area contributed by atoms with Crippen LogP contribution < -0.4 is 0 Å². The van der Waals surface area contributed by atoms with Crippen LogP contribution in [0.2, 0.25) is 0 Å². The summed E-state index contributed by atoms with van der Waals surface area (Å²) in [6.45, 7) is 0. The molecular formula is C8H10BrN3O2. The minimum absolute atomic E-state index is 0.0324. The molecule has 6 heteroatoms. The molecule has 0 saturated carbocycles. The molecule has 2 rings (SSSR count). The van der Waals surface area contributed by atoms with Crippen molar-refractivity contribution < 1.29 is 9.90 Å². The highest BCUT2D eigenvalue weighted by molar-refractivity contribution is 9.10. The largest absolute Gasteiger partial charge is 0.481 e. The molecule has 0 saturated heterocycles. The third-order valence-corrected chi connectivity index (χ3v) is 2.71. The lowest BCUT2D eigenvalue weighted by Gasteiger charge is -2.21. The Bertz CT molecular complexity index is 363. The molecule has 1 N–H and O–H groups in total. The Hall–Kier alpha value is -0.910. The van der Waals surface area contributed by atoms with Crippen LogP contribution in [0.5, 0.6) is 0 Å². The number of hydrogen-bond donors (Lipinski definition) is 1. The fourth-order valence-electron chi connectivity index (χ4n) is 1.80. The number of carbonyl (C=O) groups is 1. The monoisotopic (exact) mass is 259 g/mol. The van der Waals surface area contributed by atoms with Gasteiger partial charge in [0.25, 0.3) is 0 Å². The minimum Gasteiger partial charge on any atom is -0.481 e. The molecule has 0 radical (unpaired) electrons. The topological polar surface area (TPSA) is 68.0 Å². The van der Waals surface area contributed by atoms with E-state index in [4.69, 9.17) is 5.11 Å². The van der Waals surface area contributed by atoms with Gasteiger partial charge in [0, 0.05) is 6.42 Å². The van der Waals surface area contributed by atoms with Crippen molar-refractivity contribution in [1.29, 1.82) is 0 Å². The zero-order valence-corrected chi connectivity index (χ0v) is 9.07. The van der Waals surface area contributed by atoms with Gasteiger partial charge in [-0.3, -0.25) is 4.79 Å². The fourth-order valence-corrected chi connectivity index (χ4v) is 2.17. The average molecular weight is 260 g/mol. The standard InChI is InChI=1S/C8H10BrN3O2/c9-8-10-6-3-1-2-5(4-7(13)14)12(6)11-8/h5H,1-4H2,(H,13,14). The Morgan fingerprint density at radius 3 is 3.21 bits per heavy atom. The number of fused-ring (bicyclic) bond motifs is 1. The second kappa shape index (κ2) is 3.68. The molecule has 1 aliphatic heterocycles. The number of nitrogens with zero attached hydrogens (tertiary/aromatic N) is 3. The van der Waals surface area contributed by atoms with Gasteiger partial charge in [-0.15, -0.1) is 5.10 Å². The number of carboxylic acids is 1. The Morgan fingerprint density at radius 1 is 1.71 bits per heavy atom. The summed E-state index contributed by atoms with van der Waals surface area (Å²) in [5.74, 6) is 0.101. The number of halogens is 1. The van der Waals surface area contributed by atoms with Gasteiger partial charge >= 0.3 is 5.97 Å². The number of carboxylic acid groups (broad SMARTS) is 1. The molecule has 0 aliphatic carbocycles. The van der Waals surface area contributed by atoms with E-state index < -0.39 is 5.97 Å². The molecule has 0 fully saturated rings. The second-order valence-electron chi connectivity index (χ2n) is 3.39. The molecule has 1 aliphatic rings. The molecule has 0 bridgehead atoms. The molecular weight excluding hydrogens is 250 g/mol. The zero-order chi connectivity index (χ0) is 10.1. The molecule has 0 spiro atoms. The van der Waals surface area contributed by atoms with Crippen molar-refractivity contribution in [3.8, 4) is 0 Å². The first kappa shape index (κ1) is 9.64. The first-order valence-corrected chi connectivity index (χ1v) is 5.29. The summed E-state index contributed by atoms with van der Waals surface area (Å²) in [7, 11) is 0. The van der Waals surface area contributed by atoms with Crippen LogP contribution in [0.3, 0.4) is 0 Å². The summed E-state index contributed by atoms with van der Waals surface area (Å²) in [6, 6.07) is -0.0324. The van der Waals surface area contributed by atoms with E-state index in [0.29, 0.717) is 4.73 Å². The van der Waals surface area contributed by atoms with Gasteiger partial charge in [-0.25, -0.2) is 9.67 Å². The highest BCUT2D eigenvalue weighted by Crippen LogP contribution is 2.26. The van der Waals surface area contributed by atoms with Crippen LogP contribution in [0, 0.1) is 0 Å². The van der Waals surface area contributed by atoms with Gasteiger partial charge in [0.15, 0.2) is 0 Å². The van der Waals surface area contributed by atoms with E-state index in [1.807, 2.05) is 0 Å². The lowest BCUT2D eigenvalue weighted by Crippen LogP contribution is -2.21. The van der Waals surface area contributed by atoms with Crippen molar-refractivity contribution >= 4 is 21.9 Å². The van der Waals surface area contributed by atoms with Gasteiger partial charge in [-0.2, -0.15) is 0 Å². The van der Waals surface area contributed by atoms with Crippen molar-refractivity contribution in [2.75, 3.05) is 0 Å². The van der Waals surface area contributed by atoms with Gasteiger partial charge in [0.2, 0.25) is 4.73 Å². The summed E-state index contributed by atoms with van der Waals surface area (Å²) in [6.07, 6.45) is 2.87. The predicted octanol–water partition coefficient (Wildman–Crippen LogP) is 1.39. The van der Waals surface area contributed by atoms with Crippen molar-refractivity contribution in [1.82, 2.24) is 14.8 Å². The van der Waals surface area contributed by atoms with Crippen LogP contribution in [0.4, 0.5) is 0 Å². The molecule has 1 unspecified atom stereocenters. The van der Waals surface area contributed by atoms with Crippen LogP contribution in [0.15, 0.2) is 4.73 Å². The van der Waals surface area contributed by atoms with Crippen LogP contribution in [-0.2, 0) is 11.2 Å². The highest BCUT2D eigenvalue weighted by Gasteiger charge is 2.24. The highest BCUT2D eigenvalue weighted by atomic mass is 79.9. The minimum atomic E-state index is -0.783. The average Bonchev–Trinajstić information content (AvgIpc) is 2.45. The third-order valence-electron chi connectivity index (χ3n) is 2.37. The number of hydrogen-bond acceptors (Lipinski definition) is 3. The van der Waals surface area contributed by atoms with Crippen LogP contribution in [0.25, 0.3) is 0 Å². The first-order valence-electron chi connectivity index (χ1n) is 4.49. The maximum absolute atomic E-state index is 10.6. The Labute approximate surface area is 89.3 Å². The molecule has 1 aromatic rings. The maximum Gasteiger partial charge on any atom is 0.305 e. The second-order valence-corrected chi connectivity index (χ2v) is 4.09. The van der Waals surface area contributed by atoms with Gasteiger partial charge in [0.05, 0.1) is 12.5 Å². The van der Waals surface area contributed by atoms with E-state index >= 15 is 0 Å². The first-order chi connectivity index (χ1) is 6.66. The molecule has 76 valence electrons. The molecule has 1 atom stereocenters. The SMILES string of the molecule is O=C(O)CC1CCCc2nc(Br)nn21. The van der Waals surface area contributed by atoms with Crippen molar-refractivity contribution in [2.24, 2.45) is 0 Å². The normalized spacial score (nSPS) is 20.5. The van der Waals surface area contributed by atoms with Crippen molar-refractivity contribution in [2.45, 2.75) is 31.7 Å². The summed E-state index contributed by atoms with van der Waals surface area (Å²) in [5.41, 5.74) is 0. The Kier molecular flexibility index (Phi) is 2.54. The van der Waals surface area contributed by atoms with Crippen LogP contribution in [0.1, 0.15) is 31.1 Å². The quantitative estimate of drug-likeness (QED) is 0.872. The molecule has 5 nitrogen and oxygen atoms in total. The van der Waals surface area contributed by atoms with Crippen LogP contribution in [-0.4, -0.2) is 25.8 Å². The smallest absolute Gasteiger partial charge is 0.305 e. The van der Waals surface area contributed by atoms with Crippen molar-refractivity contribution in [3.63, 3.8) is 0 Å². The van der Waals surface area contributed by atoms with Gasteiger partial charge in [-0.05, 0) is 28.8 Å². The maximum atomic E-state index is 10.6. The Balaban J connectivity index is 2.25. The third kappa shape index (κ3) is 1.79. The zero-order valence-electron chi connectivity index (χ0n) is 7.48. The molecule has 1 aromatic heterocycles. The fraction of sp³-hybridized carbons (Fsp3) is 0.625. The van der Waals surface area contributed by atoms with Gasteiger partial charge < -0.3 is 5.11 Å². The van der Waals surface area contributed by atoms with Gasteiger partial charge in [-0.1, -0.05) is 0 Å².